The second-order valence-electron chi connectivity index (χ2n) is 5.05. The SMILES string of the molecule is CC(C)NC(=O)CNCC1Cc2cc(Br)ccc2O1. The molecule has 0 aliphatic carbocycles. The Morgan fingerprint density at radius 2 is 2.32 bits per heavy atom. The third kappa shape index (κ3) is 4.21. The molecule has 0 bridgehead atoms. The van der Waals surface area contributed by atoms with E-state index < -0.39 is 0 Å². The fourth-order valence-electron chi connectivity index (χ4n) is 2.12. The summed E-state index contributed by atoms with van der Waals surface area (Å²) in [6, 6.07) is 6.22. The van der Waals surface area contributed by atoms with Crippen LogP contribution in [-0.2, 0) is 11.2 Å². The van der Waals surface area contributed by atoms with Crippen molar-refractivity contribution in [1.29, 1.82) is 0 Å². The summed E-state index contributed by atoms with van der Waals surface area (Å²) >= 11 is 3.46. The van der Waals surface area contributed by atoms with Gasteiger partial charge in [0.2, 0.25) is 5.91 Å². The first-order valence-corrected chi connectivity index (χ1v) is 7.29. The van der Waals surface area contributed by atoms with Gasteiger partial charge < -0.3 is 15.4 Å². The molecule has 4 nitrogen and oxygen atoms in total. The minimum absolute atomic E-state index is 0.0215. The lowest BCUT2D eigenvalue weighted by Gasteiger charge is -2.13. The Bertz CT molecular complexity index is 463. The second-order valence-corrected chi connectivity index (χ2v) is 5.96. The van der Waals surface area contributed by atoms with Crippen molar-refractivity contribution >= 4 is 21.8 Å². The maximum absolute atomic E-state index is 11.5. The van der Waals surface area contributed by atoms with Crippen LogP contribution in [0.1, 0.15) is 19.4 Å². The fraction of sp³-hybridized carbons (Fsp3) is 0.500. The summed E-state index contributed by atoms with van der Waals surface area (Å²) in [6.45, 7) is 4.91. The number of benzene rings is 1. The van der Waals surface area contributed by atoms with Gasteiger partial charge in [-0.05, 0) is 37.6 Å². The summed E-state index contributed by atoms with van der Waals surface area (Å²) in [5, 5.41) is 5.98. The van der Waals surface area contributed by atoms with Gasteiger partial charge in [-0.15, -0.1) is 0 Å². The van der Waals surface area contributed by atoms with Gasteiger partial charge in [-0.2, -0.15) is 0 Å². The zero-order chi connectivity index (χ0) is 13.8. The fourth-order valence-corrected chi connectivity index (χ4v) is 2.53. The Morgan fingerprint density at radius 1 is 1.53 bits per heavy atom. The monoisotopic (exact) mass is 326 g/mol. The van der Waals surface area contributed by atoms with E-state index in [2.05, 4.69) is 32.6 Å². The predicted molar refractivity (Wildman–Crippen MR) is 78.4 cm³/mol. The lowest BCUT2D eigenvalue weighted by Crippen LogP contribution is -2.40. The van der Waals surface area contributed by atoms with Crippen molar-refractivity contribution in [2.45, 2.75) is 32.4 Å². The normalized spacial score (nSPS) is 17.2. The van der Waals surface area contributed by atoms with Crippen molar-refractivity contribution < 1.29 is 9.53 Å². The molecule has 1 unspecified atom stereocenters. The van der Waals surface area contributed by atoms with Gasteiger partial charge in [-0.3, -0.25) is 4.79 Å². The quantitative estimate of drug-likeness (QED) is 0.868. The number of nitrogens with one attached hydrogen (secondary N) is 2. The zero-order valence-electron chi connectivity index (χ0n) is 11.2. The summed E-state index contributed by atoms with van der Waals surface area (Å²) in [6.07, 6.45) is 0.990. The van der Waals surface area contributed by atoms with Gasteiger partial charge in [-0.1, -0.05) is 15.9 Å². The van der Waals surface area contributed by atoms with E-state index in [0.29, 0.717) is 13.1 Å². The van der Waals surface area contributed by atoms with Crippen molar-refractivity contribution in [3.05, 3.63) is 28.2 Å². The minimum Gasteiger partial charge on any atom is -0.488 e. The highest BCUT2D eigenvalue weighted by atomic mass is 79.9. The average Bonchev–Trinajstić information content (AvgIpc) is 2.69. The van der Waals surface area contributed by atoms with E-state index in [4.69, 9.17) is 4.74 Å². The third-order valence-corrected chi connectivity index (χ3v) is 3.36. The predicted octanol–water partition coefficient (Wildman–Crippen LogP) is 1.87. The number of rotatable bonds is 5. The highest BCUT2D eigenvalue weighted by Gasteiger charge is 2.22. The number of hydrogen-bond donors (Lipinski definition) is 2. The van der Waals surface area contributed by atoms with Crippen LogP contribution in [-0.4, -0.2) is 31.1 Å². The summed E-state index contributed by atoms with van der Waals surface area (Å²) in [7, 11) is 0. The molecule has 1 aromatic carbocycles. The first-order chi connectivity index (χ1) is 9.04. The maximum Gasteiger partial charge on any atom is 0.234 e. The van der Waals surface area contributed by atoms with Crippen LogP contribution in [0.15, 0.2) is 22.7 Å². The highest BCUT2D eigenvalue weighted by molar-refractivity contribution is 9.10. The van der Waals surface area contributed by atoms with Crippen LogP contribution >= 0.6 is 15.9 Å². The van der Waals surface area contributed by atoms with E-state index in [1.807, 2.05) is 26.0 Å². The molecular formula is C14H19BrN2O2. The third-order valence-electron chi connectivity index (χ3n) is 2.87. The molecule has 1 amide bonds. The molecule has 1 aliphatic heterocycles. The molecule has 5 heteroatoms. The van der Waals surface area contributed by atoms with Gasteiger partial charge in [0, 0.05) is 23.5 Å². The van der Waals surface area contributed by atoms with Gasteiger partial charge in [0.1, 0.15) is 11.9 Å². The molecule has 0 aromatic heterocycles. The molecule has 0 saturated carbocycles. The van der Waals surface area contributed by atoms with Crippen LogP contribution in [0.25, 0.3) is 0 Å². The van der Waals surface area contributed by atoms with Crippen molar-refractivity contribution in [3.8, 4) is 5.75 Å². The Hall–Kier alpha value is -1.07. The molecule has 0 spiro atoms. The number of carbonyl (C=O) groups excluding carboxylic acids is 1. The first-order valence-electron chi connectivity index (χ1n) is 6.50. The zero-order valence-corrected chi connectivity index (χ0v) is 12.8. The molecule has 2 N–H and O–H groups in total. The van der Waals surface area contributed by atoms with Gasteiger partial charge in [0.25, 0.3) is 0 Å². The molecule has 0 fully saturated rings. The maximum atomic E-state index is 11.5. The van der Waals surface area contributed by atoms with Gasteiger partial charge in [0.15, 0.2) is 0 Å². The molecule has 104 valence electrons. The Kier molecular flexibility index (Phi) is 4.82. The van der Waals surface area contributed by atoms with Crippen LogP contribution in [0.5, 0.6) is 5.75 Å². The lowest BCUT2D eigenvalue weighted by molar-refractivity contribution is -0.120. The van der Waals surface area contributed by atoms with Crippen LogP contribution in [0.3, 0.4) is 0 Å². The lowest BCUT2D eigenvalue weighted by atomic mass is 10.1. The number of halogens is 1. The topological polar surface area (TPSA) is 50.4 Å². The van der Waals surface area contributed by atoms with Crippen LogP contribution in [0.4, 0.5) is 0 Å². The van der Waals surface area contributed by atoms with Crippen molar-refractivity contribution in [3.63, 3.8) is 0 Å². The molecule has 0 saturated heterocycles. The first kappa shape index (κ1) is 14.3. The molecule has 1 atom stereocenters. The van der Waals surface area contributed by atoms with E-state index in [0.717, 1.165) is 16.6 Å². The second kappa shape index (κ2) is 6.39. The number of fused-ring (bicyclic) bond motifs is 1. The summed E-state index contributed by atoms with van der Waals surface area (Å²) in [4.78, 5) is 11.5. The molecule has 2 rings (SSSR count). The molecule has 1 heterocycles. The van der Waals surface area contributed by atoms with Crippen LogP contribution in [0.2, 0.25) is 0 Å². The van der Waals surface area contributed by atoms with Gasteiger partial charge in [-0.25, -0.2) is 0 Å². The Morgan fingerprint density at radius 3 is 3.05 bits per heavy atom. The van der Waals surface area contributed by atoms with Crippen LogP contribution < -0.4 is 15.4 Å². The van der Waals surface area contributed by atoms with E-state index in [9.17, 15) is 4.79 Å². The smallest absolute Gasteiger partial charge is 0.234 e. The number of ether oxygens (including phenoxy) is 1. The Labute approximate surface area is 122 Å². The molecular weight excluding hydrogens is 308 g/mol. The van der Waals surface area contributed by atoms with Crippen molar-refractivity contribution in [2.75, 3.05) is 13.1 Å². The van der Waals surface area contributed by atoms with E-state index in [1.54, 1.807) is 0 Å². The van der Waals surface area contributed by atoms with E-state index in [-0.39, 0.29) is 18.1 Å². The van der Waals surface area contributed by atoms with Crippen molar-refractivity contribution in [2.24, 2.45) is 0 Å². The summed E-state index contributed by atoms with van der Waals surface area (Å²) in [5.41, 5.74) is 1.22. The molecule has 19 heavy (non-hydrogen) atoms. The van der Waals surface area contributed by atoms with Gasteiger partial charge >= 0.3 is 0 Å². The minimum atomic E-state index is 0.0215. The van der Waals surface area contributed by atoms with Gasteiger partial charge in [0.05, 0.1) is 6.54 Å². The average molecular weight is 327 g/mol. The van der Waals surface area contributed by atoms with E-state index >= 15 is 0 Å². The summed E-state index contributed by atoms with van der Waals surface area (Å²) in [5.74, 6) is 0.967. The van der Waals surface area contributed by atoms with E-state index in [1.165, 1.54) is 5.56 Å². The molecule has 1 aliphatic rings. The molecule has 0 radical (unpaired) electrons. The Balaban J connectivity index is 1.74. The number of amides is 1. The van der Waals surface area contributed by atoms with Crippen molar-refractivity contribution in [1.82, 2.24) is 10.6 Å². The molecule has 1 aromatic rings. The van der Waals surface area contributed by atoms with Crippen LogP contribution in [0, 0.1) is 0 Å². The highest BCUT2D eigenvalue weighted by Crippen LogP contribution is 2.30. The number of carbonyl (C=O) groups is 1. The summed E-state index contributed by atoms with van der Waals surface area (Å²) < 4.78 is 6.88. The standard InChI is InChI=1S/C14H19BrN2O2/c1-9(2)17-14(18)8-16-7-12-6-10-5-11(15)3-4-13(10)19-12/h3-5,9,12,16H,6-8H2,1-2H3,(H,17,18). The largest absolute Gasteiger partial charge is 0.488 e. The number of hydrogen-bond acceptors (Lipinski definition) is 3.